The van der Waals surface area contributed by atoms with Crippen molar-refractivity contribution in [1.82, 2.24) is 14.9 Å². The zero-order chi connectivity index (χ0) is 17.2. The number of hydrogen-bond acceptors (Lipinski definition) is 5. The first-order chi connectivity index (χ1) is 12.2. The number of fused-ring (bicyclic) bond motifs is 2. The molecule has 2 heterocycles. The fraction of sp³-hybridized carbons (Fsp3) is 0.368. The van der Waals surface area contributed by atoms with E-state index in [1.54, 1.807) is 0 Å². The molecule has 1 aromatic carbocycles. The van der Waals surface area contributed by atoms with E-state index in [0.29, 0.717) is 18.5 Å². The molecule has 2 aliphatic rings. The second-order valence-electron chi connectivity index (χ2n) is 6.61. The van der Waals surface area contributed by atoms with Gasteiger partial charge in [-0.2, -0.15) is 0 Å². The molecule has 0 fully saturated rings. The van der Waals surface area contributed by atoms with Crippen molar-refractivity contribution in [3.05, 3.63) is 52.8 Å². The molecule has 25 heavy (non-hydrogen) atoms. The number of benzene rings is 1. The average Bonchev–Trinajstić information content (AvgIpc) is 2.61. The Balaban J connectivity index is 1.39. The predicted molar refractivity (Wildman–Crippen MR) is 93.4 cm³/mol. The molecule has 1 aromatic heterocycles. The lowest BCUT2D eigenvalue weighted by atomic mass is 9.96. The van der Waals surface area contributed by atoms with Gasteiger partial charge in [0.25, 0.3) is 0 Å². The van der Waals surface area contributed by atoms with Crippen LogP contribution in [0.5, 0.6) is 0 Å². The molecule has 0 saturated heterocycles. The van der Waals surface area contributed by atoms with Crippen LogP contribution in [0, 0.1) is 0 Å². The average molecular weight is 336 g/mol. The maximum absolute atomic E-state index is 12.3. The van der Waals surface area contributed by atoms with Gasteiger partial charge in [-0.15, -0.1) is 0 Å². The molecule has 6 nitrogen and oxygen atoms in total. The summed E-state index contributed by atoms with van der Waals surface area (Å²) in [4.78, 5) is 34.7. The quantitative estimate of drug-likeness (QED) is 0.928. The molecule has 4 rings (SSSR count). The lowest BCUT2D eigenvalue weighted by molar-refractivity contribution is -0.117. The molecule has 0 spiro atoms. The van der Waals surface area contributed by atoms with E-state index in [1.807, 2.05) is 6.07 Å². The van der Waals surface area contributed by atoms with Gasteiger partial charge >= 0.3 is 0 Å². The molecule has 1 N–H and O–H groups in total. The smallest absolute Gasteiger partial charge is 0.240 e. The summed E-state index contributed by atoms with van der Waals surface area (Å²) in [5, 5.41) is 2.76. The van der Waals surface area contributed by atoms with Crippen LogP contribution in [-0.2, 0) is 24.2 Å². The van der Waals surface area contributed by atoms with Crippen molar-refractivity contribution in [2.45, 2.75) is 32.2 Å². The van der Waals surface area contributed by atoms with Crippen molar-refractivity contribution < 1.29 is 9.59 Å². The maximum atomic E-state index is 12.3. The summed E-state index contributed by atoms with van der Waals surface area (Å²) >= 11 is 0. The SMILES string of the molecule is O=C(CN1CCc2ccccc2C1)Nc1ncc2c(n1)CCCC2=O. The van der Waals surface area contributed by atoms with Crippen LogP contribution in [0.1, 0.15) is 40.0 Å². The monoisotopic (exact) mass is 336 g/mol. The summed E-state index contributed by atoms with van der Waals surface area (Å²) < 4.78 is 0. The summed E-state index contributed by atoms with van der Waals surface area (Å²) in [6.45, 7) is 1.96. The minimum absolute atomic E-state index is 0.0890. The third kappa shape index (κ3) is 3.44. The van der Waals surface area contributed by atoms with E-state index < -0.39 is 0 Å². The van der Waals surface area contributed by atoms with Gasteiger partial charge < -0.3 is 0 Å². The highest BCUT2D eigenvalue weighted by molar-refractivity contribution is 5.98. The van der Waals surface area contributed by atoms with E-state index in [0.717, 1.165) is 38.0 Å². The minimum Gasteiger partial charge on any atom is -0.294 e. The molecule has 0 radical (unpaired) electrons. The zero-order valence-corrected chi connectivity index (χ0v) is 14.0. The zero-order valence-electron chi connectivity index (χ0n) is 14.0. The van der Waals surface area contributed by atoms with Gasteiger partial charge in [-0.1, -0.05) is 24.3 Å². The number of aromatic nitrogens is 2. The molecule has 6 heteroatoms. The standard InChI is InChI=1S/C19H20N4O2/c24-17-7-3-6-16-15(17)10-20-19(21-16)22-18(25)12-23-9-8-13-4-1-2-5-14(13)11-23/h1-2,4-5,10H,3,6-9,11-12H2,(H,20,21,22,25). The number of carbonyl (C=O) groups is 2. The molecule has 0 atom stereocenters. The number of rotatable bonds is 3. The van der Waals surface area contributed by atoms with Gasteiger partial charge in [0, 0.05) is 25.7 Å². The summed E-state index contributed by atoms with van der Waals surface area (Å²) in [5.74, 6) is 0.253. The highest BCUT2D eigenvalue weighted by atomic mass is 16.2. The van der Waals surface area contributed by atoms with Gasteiger partial charge in [0.15, 0.2) is 5.78 Å². The number of ketones is 1. The van der Waals surface area contributed by atoms with E-state index in [1.165, 1.54) is 17.3 Å². The second-order valence-corrected chi connectivity index (χ2v) is 6.61. The fourth-order valence-corrected chi connectivity index (χ4v) is 3.51. The Kier molecular flexibility index (Phi) is 4.28. The van der Waals surface area contributed by atoms with E-state index in [4.69, 9.17) is 0 Å². The molecular weight excluding hydrogens is 316 g/mol. The number of Topliss-reactive ketones (excluding diaryl/α,β-unsaturated/α-hetero) is 1. The Hall–Kier alpha value is -2.60. The van der Waals surface area contributed by atoms with Gasteiger partial charge in [-0.05, 0) is 30.4 Å². The van der Waals surface area contributed by atoms with Gasteiger partial charge in [0.2, 0.25) is 11.9 Å². The maximum Gasteiger partial charge on any atom is 0.240 e. The fourth-order valence-electron chi connectivity index (χ4n) is 3.51. The summed E-state index contributed by atoms with van der Waals surface area (Å²) in [5.41, 5.74) is 3.98. The highest BCUT2D eigenvalue weighted by Gasteiger charge is 2.21. The number of nitrogens with one attached hydrogen (secondary N) is 1. The number of nitrogens with zero attached hydrogens (tertiary/aromatic N) is 3. The Labute approximate surface area is 146 Å². The molecule has 0 bridgehead atoms. The predicted octanol–water partition coefficient (Wildman–Crippen LogP) is 1.99. The first-order valence-corrected chi connectivity index (χ1v) is 8.67. The molecule has 0 unspecified atom stereocenters. The summed E-state index contributed by atoms with van der Waals surface area (Å²) in [7, 11) is 0. The van der Waals surface area contributed by atoms with E-state index in [2.05, 4.69) is 38.4 Å². The van der Waals surface area contributed by atoms with E-state index in [9.17, 15) is 9.59 Å². The van der Waals surface area contributed by atoms with Crippen LogP contribution in [0.3, 0.4) is 0 Å². The second kappa shape index (κ2) is 6.72. The lowest BCUT2D eigenvalue weighted by Gasteiger charge is -2.27. The first kappa shape index (κ1) is 15.9. The van der Waals surface area contributed by atoms with E-state index in [-0.39, 0.29) is 17.6 Å². The van der Waals surface area contributed by atoms with Crippen LogP contribution < -0.4 is 5.32 Å². The van der Waals surface area contributed by atoms with Crippen molar-refractivity contribution >= 4 is 17.6 Å². The van der Waals surface area contributed by atoms with E-state index >= 15 is 0 Å². The van der Waals surface area contributed by atoms with Crippen LogP contribution in [0.4, 0.5) is 5.95 Å². The Bertz CT molecular complexity index is 834. The van der Waals surface area contributed by atoms with Crippen molar-refractivity contribution in [2.24, 2.45) is 0 Å². The van der Waals surface area contributed by atoms with Crippen LogP contribution in [0.15, 0.2) is 30.5 Å². The number of aryl methyl sites for hydroxylation is 1. The molecule has 2 aromatic rings. The summed E-state index contributed by atoms with van der Waals surface area (Å²) in [6.07, 6.45) is 4.62. The summed E-state index contributed by atoms with van der Waals surface area (Å²) in [6, 6.07) is 8.35. The largest absolute Gasteiger partial charge is 0.294 e. The third-order valence-corrected chi connectivity index (χ3v) is 4.81. The normalized spacial score (nSPS) is 16.9. The van der Waals surface area contributed by atoms with Gasteiger partial charge in [0.1, 0.15) is 0 Å². The Morgan fingerprint density at radius 2 is 2.00 bits per heavy atom. The Morgan fingerprint density at radius 1 is 1.16 bits per heavy atom. The lowest BCUT2D eigenvalue weighted by Crippen LogP contribution is -2.37. The first-order valence-electron chi connectivity index (χ1n) is 8.67. The van der Waals surface area contributed by atoms with Crippen molar-refractivity contribution in [1.29, 1.82) is 0 Å². The van der Waals surface area contributed by atoms with Crippen LogP contribution in [-0.4, -0.2) is 39.6 Å². The molecular formula is C19H20N4O2. The topological polar surface area (TPSA) is 75.2 Å². The van der Waals surface area contributed by atoms with Crippen molar-refractivity contribution in [3.8, 4) is 0 Å². The Morgan fingerprint density at radius 3 is 2.88 bits per heavy atom. The number of carbonyl (C=O) groups excluding carboxylic acids is 2. The van der Waals surface area contributed by atoms with Crippen molar-refractivity contribution in [3.63, 3.8) is 0 Å². The third-order valence-electron chi connectivity index (χ3n) is 4.81. The van der Waals surface area contributed by atoms with Gasteiger partial charge in [-0.3, -0.25) is 19.8 Å². The van der Waals surface area contributed by atoms with Crippen molar-refractivity contribution in [2.75, 3.05) is 18.4 Å². The van der Waals surface area contributed by atoms with Gasteiger partial charge in [0.05, 0.1) is 17.8 Å². The van der Waals surface area contributed by atoms with Crippen LogP contribution in [0.2, 0.25) is 0 Å². The number of hydrogen-bond donors (Lipinski definition) is 1. The van der Waals surface area contributed by atoms with Crippen LogP contribution in [0.25, 0.3) is 0 Å². The van der Waals surface area contributed by atoms with Crippen LogP contribution >= 0.6 is 0 Å². The van der Waals surface area contributed by atoms with Gasteiger partial charge in [-0.25, -0.2) is 9.97 Å². The molecule has 1 amide bonds. The highest BCUT2D eigenvalue weighted by Crippen LogP contribution is 2.20. The molecule has 128 valence electrons. The molecule has 1 aliphatic carbocycles. The number of amides is 1. The minimum atomic E-state index is -0.124. The molecule has 0 saturated carbocycles. The number of anilines is 1. The molecule has 1 aliphatic heterocycles.